The largest absolute Gasteiger partial charge is 0.524 e. The number of pyridine rings is 1. The van der Waals surface area contributed by atoms with Gasteiger partial charge in [-0.1, -0.05) is 49.6 Å². The molecule has 6 aromatic rings. The number of hydrogen-bond acceptors (Lipinski definition) is 12. The molecule has 456 valence electrons. The minimum Gasteiger partial charge on any atom is -0.481 e. The van der Waals surface area contributed by atoms with Gasteiger partial charge in [0.05, 0.1) is 40.9 Å². The van der Waals surface area contributed by atoms with Gasteiger partial charge in [0.2, 0.25) is 22.7 Å². The Morgan fingerprint density at radius 3 is 2.20 bits per heavy atom. The fraction of sp³-hybridized carbons (Fsp3) is 0.385. The van der Waals surface area contributed by atoms with Crippen molar-refractivity contribution in [3.05, 3.63) is 128 Å². The molecule has 2 amide bonds. The third kappa shape index (κ3) is 13.8. The molecule has 2 aliphatic rings. The highest BCUT2D eigenvalue weighted by Gasteiger charge is 2.68. The SMILES string of the molecule is CC(C)(CC(=O)N(Cc1nn(CC(F)(F)F)c2c(-c3ccc(C#CC(C)(C)S(C)(=O)=O)nc3C(Cc3cc(F)cc(F)c3)NC(=O)Cn3nc(C(F)(F)F)c4c3C(F)(F)[C@@H]3C[C@H]43)ccc(Cl)c12)[SH](=O)=O)c1c(CC(=O)O)cccc1OP(=O)(O)O. The highest BCUT2D eigenvalue weighted by Crippen LogP contribution is 2.68. The van der Waals surface area contributed by atoms with Gasteiger partial charge in [-0.2, -0.15) is 45.3 Å². The number of nitrogens with zero attached hydrogens (tertiary/aromatic N) is 6. The first-order chi connectivity index (χ1) is 39.1. The number of fused-ring (bicyclic) bond motifs is 4. The van der Waals surface area contributed by atoms with Crippen molar-refractivity contribution >= 4 is 68.8 Å². The first-order valence-electron chi connectivity index (χ1n) is 24.9. The summed E-state index contributed by atoms with van der Waals surface area (Å²) in [4.78, 5) is 64.4. The molecule has 3 aromatic heterocycles. The maximum absolute atomic E-state index is 15.7. The Labute approximate surface area is 482 Å². The number of phosphoric ester groups is 1. The van der Waals surface area contributed by atoms with Crippen LogP contribution >= 0.6 is 19.4 Å². The molecule has 0 spiro atoms. The Bertz CT molecular complexity index is 4030. The molecule has 1 unspecified atom stereocenters. The minimum atomic E-state index is -5.37. The molecule has 3 atom stereocenters. The second-order valence-corrected chi connectivity index (χ2v) is 26.4. The summed E-state index contributed by atoms with van der Waals surface area (Å²) in [5, 5.41) is 18.6. The number of alkyl halides is 8. The lowest BCUT2D eigenvalue weighted by Crippen LogP contribution is -2.35. The molecule has 19 nitrogen and oxygen atoms in total. The van der Waals surface area contributed by atoms with Crippen LogP contribution in [0.25, 0.3) is 22.0 Å². The number of phosphoric acid groups is 1. The molecule has 8 rings (SSSR count). The van der Waals surface area contributed by atoms with Crippen LogP contribution < -0.4 is 9.84 Å². The Balaban J connectivity index is 1.30. The van der Waals surface area contributed by atoms with Crippen LogP contribution in [-0.2, 0) is 89.7 Å². The summed E-state index contributed by atoms with van der Waals surface area (Å²) in [5.41, 5.74) is -8.80. The summed E-state index contributed by atoms with van der Waals surface area (Å²) in [6.45, 7) is 0.465. The molecule has 0 saturated heterocycles. The van der Waals surface area contributed by atoms with Gasteiger partial charge >= 0.3 is 26.1 Å². The number of benzene rings is 3. The standard InChI is InChI=1S/C52H47ClF10N7O12PS2/c1-48(2,43-26(18-40(73)74)7-6-8-37(43)82-83(75,76)77)21-39(72)70(84(78)79)22-36-42-34(53)12-11-31(45(42)69(66-36)24-50(56,57)58)30-10-9-29(13-14-49(3,4)85(5,80)81)64-44(30)35(17-25-15-27(54)19-28(55)16-25)65-38(71)23-68-47-41(46(67-68)52(61,62)63)32-20-33(32)51(47,59)60/h6-12,15-16,19,32-33,35,84H,17-18,20-24H2,1-5H3,(H,65,71)(H,73,74)(H2,75,76,77)/t32-,33+,35?/m0/s1. The third-order valence-corrected chi connectivity index (χ3v) is 17.6. The van der Waals surface area contributed by atoms with E-state index in [9.17, 15) is 85.8 Å². The average molecular weight is 1280 g/mol. The summed E-state index contributed by atoms with van der Waals surface area (Å²) in [6, 6.07) is 8.12. The van der Waals surface area contributed by atoms with Crippen LogP contribution in [-0.4, -0.2) is 95.5 Å². The third-order valence-electron chi connectivity index (χ3n) is 14.1. The normalized spacial score (nSPS) is 16.4. The second kappa shape index (κ2) is 22.6. The lowest BCUT2D eigenvalue weighted by molar-refractivity contribution is -0.143. The number of thiol groups is 1. The zero-order valence-electron chi connectivity index (χ0n) is 44.6. The van der Waals surface area contributed by atoms with Gasteiger partial charge in [0.25, 0.3) is 5.92 Å². The molecular weight excluding hydrogens is 1240 g/mol. The van der Waals surface area contributed by atoms with Crippen molar-refractivity contribution in [2.24, 2.45) is 5.92 Å². The van der Waals surface area contributed by atoms with E-state index in [1.165, 1.54) is 39.8 Å². The van der Waals surface area contributed by atoms with Crippen LogP contribution in [0, 0.1) is 29.4 Å². The Morgan fingerprint density at radius 1 is 0.965 bits per heavy atom. The quantitative estimate of drug-likeness (QED) is 0.0220. The summed E-state index contributed by atoms with van der Waals surface area (Å²) in [5.74, 6) is -8.63. The molecule has 0 radical (unpaired) electrons. The number of carboxylic acid groups (broad SMARTS) is 1. The molecule has 2 aliphatic carbocycles. The number of carbonyl (C=O) groups is 3. The highest BCUT2D eigenvalue weighted by atomic mass is 35.5. The molecule has 1 fully saturated rings. The molecule has 3 aromatic carbocycles. The first kappa shape index (κ1) is 63.9. The molecule has 4 N–H and O–H groups in total. The van der Waals surface area contributed by atoms with Crippen molar-refractivity contribution in [3.63, 3.8) is 0 Å². The zero-order chi connectivity index (χ0) is 63.1. The zero-order valence-corrected chi connectivity index (χ0v) is 48.0. The number of halogens is 11. The van der Waals surface area contributed by atoms with Gasteiger partial charge in [0.1, 0.15) is 46.6 Å². The Hall–Kier alpha value is -7.10. The van der Waals surface area contributed by atoms with Gasteiger partial charge in [-0.15, -0.1) is 0 Å². The fourth-order valence-corrected chi connectivity index (χ4v) is 11.7. The van der Waals surface area contributed by atoms with E-state index in [-0.39, 0.29) is 48.9 Å². The molecule has 0 bridgehead atoms. The van der Waals surface area contributed by atoms with Gasteiger partial charge in [-0.3, -0.25) is 33.5 Å². The van der Waals surface area contributed by atoms with E-state index in [2.05, 4.69) is 32.3 Å². The number of sulfone groups is 1. The van der Waals surface area contributed by atoms with Gasteiger partial charge in [-0.25, -0.2) is 39.5 Å². The van der Waals surface area contributed by atoms with Crippen LogP contribution in [0.3, 0.4) is 0 Å². The molecule has 3 heterocycles. The van der Waals surface area contributed by atoms with Crippen molar-refractivity contribution < 1.29 is 99.1 Å². The van der Waals surface area contributed by atoms with Gasteiger partial charge in [0.15, 0.2) is 15.5 Å². The minimum absolute atomic E-state index is 0.122. The van der Waals surface area contributed by atoms with E-state index in [1.807, 2.05) is 0 Å². The van der Waals surface area contributed by atoms with Crippen molar-refractivity contribution in [2.75, 3.05) is 6.26 Å². The van der Waals surface area contributed by atoms with E-state index in [0.717, 1.165) is 48.7 Å². The number of carbonyl (C=O) groups excluding carboxylic acids is 2. The van der Waals surface area contributed by atoms with Gasteiger partial charge in [-0.05, 0) is 86.1 Å². The van der Waals surface area contributed by atoms with Crippen molar-refractivity contribution in [3.8, 4) is 28.7 Å². The van der Waals surface area contributed by atoms with Crippen molar-refractivity contribution in [1.82, 2.24) is 34.2 Å². The Morgan fingerprint density at radius 2 is 1.61 bits per heavy atom. The lowest BCUT2D eigenvalue weighted by Gasteiger charge is -2.30. The molecular formula is C52H47ClF10N7O12PS2. The highest BCUT2D eigenvalue weighted by molar-refractivity contribution is 7.92. The summed E-state index contributed by atoms with van der Waals surface area (Å²) < 4.78 is 216. The summed E-state index contributed by atoms with van der Waals surface area (Å²) >= 11 is 6.74. The lowest BCUT2D eigenvalue weighted by atomic mass is 9.77. The number of aliphatic carboxylic acids is 1. The number of carboxylic acids is 1. The number of hydrogen-bond donors (Lipinski definition) is 5. The summed E-state index contributed by atoms with van der Waals surface area (Å²) in [7, 11) is -13.4. The van der Waals surface area contributed by atoms with E-state index in [4.69, 9.17) is 16.1 Å². The van der Waals surface area contributed by atoms with E-state index in [0.29, 0.717) is 10.7 Å². The van der Waals surface area contributed by atoms with Crippen LogP contribution in [0.1, 0.15) is 103 Å². The number of nitrogens with one attached hydrogen (secondary N) is 1. The van der Waals surface area contributed by atoms with Crippen LogP contribution in [0.2, 0.25) is 5.02 Å². The van der Waals surface area contributed by atoms with E-state index >= 15 is 8.78 Å². The predicted octanol–water partition coefficient (Wildman–Crippen LogP) is 8.61. The summed E-state index contributed by atoms with van der Waals surface area (Å²) in [6.07, 6.45) is -12.3. The van der Waals surface area contributed by atoms with Crippen molar-refractivity contribution in [2.45, 2.75) is 113 Å². The van der Waals surface area contributed by atoms with E-state index < -0.39 is 193 Å². The van der Waals surface area contributed by atoms with Gasteiger partial charge < -0.3 is 14.9 Å². The Kier molecular flexibility index (Phi) is 17.0. The maximum Gasteiger partial charge on any atom is 0.524 e. The maximum atomic E-state index is 15.7. The van der Waals surface area contributed by atoms with Crippen molar-refractivity contribution in [1.29, 1.82) is 0 Å². The second-order valence-electron chi connectivity index (χ2n) is 21.3. The molecule has 85 heavy (non-hydrogen) atoms. The molecule has 0 aliphatic heterocycles. The number of amides is 2. The van der Waals surface area contributed by atoms with Gasteiger partial charge in [0, 0.05) is 57.7 Å². The molecule has 1 saturated carbocycles. The topological polar surface area (TPSA) is 270 Å². The van der Waals surface area contributed by atoms with E-state index in [1.54, 1.807) is 0 Å². The smallest absolute Gasteiger partial charge is 0.481 e. The molecule has 33 heteroatoms. The fourth-order valence-electron chi connectivity index (χ4n) is 10.3. The number of rotatable bonds is 19. The number of aromatic nitrogens is 5. The average Bonchev–Trinajstić information content (AvgIpc) is 1.53. The predicted molar refractivity (Wildman–Crippen MR) is 282 cm³/mol. The van der Waals surface area contributed by atoms with Crippen LogP contribution in [0.4, 0.5) is 43.9 Å². The van der Waals surface area contributed by atoms with Crippen LogP contribution in [0.5, 0.6) is 5.75 Å². The monoisotopic (exact) mass is 1280 g/mol. The first-order valence-corrected chi connectivity index (χ1v) is 29.8. The van der Waals surface area contributed by atoms with Crippen LogP contribution in [0.15, 0.2) is 60.7 Å².